The van der Waals surface area contributed by atoms with Gasteiger partial charge in [0.1, 0.15) is 16.7 Å². The van der Waals surface area contributed by atoms with E-state index in [0.29, 0.717) is 5.82 Å². The Balaban J connectivity index is 2.17. The molecule has 0 aliphatic carbocycles. The summed E-state index contributed by atoms with van der Waals surface area (Å²) in [5, 5.41) is 0.945. The highest BCUT2D eigenvalue weighted by Gasteiger charge is 2.08. The van der Waals surface area contributed by atoms with Crippen molar-refractivity contribution in [2.24, 2.45) is 5.84 Å². The molecule has 1 heterocycles. The van der Waals surface area contributed by atoms with Gasteiger partial charge in [-0.15, -0.1) is 11.8 Å². The highest BCUT2D eigenvalue weighted by Crippen LogP contribution is 2.25. The molecule has 0 spiro atoms. The van der Waals surface area contributed by atoms with E-state index in [1.54, 1.807) is 11.8 Å². The van der Waals surface area contributed by atoms with Gasteiger partial charge in [0, 0.05) is 17.7 Å². The molecule has 21 heavy (non-hydrogen) atoms. The molecule has 0 radical (unpaired) electrons. The minimum absolute atomic E-state index is 0.277. The Morgan fingerprint density at radius 2 is 1.76 bits per heavy atom. The summed E-state index contributed by atoms with van der Waals surface area (Å²) in [4.78, 5) is 8.97. The normalized spacial score (nSPS) is 11.0. The summed E-state index contributed by atoms with van der Waals surface area (Å²) in [5.41, 5.74) is 6.51. The van der Waals surface area contributed by atoms with Crippen molar-refractivity contribution in [1.82, 2.24) is 9.97 Å². The molecule has 0 bridgehead atoms. The maximum absolute atomic E-state index is 5.49. The molecule has 0 unspecified atom stereocenters. The number of anilines is 1. The minimum atomic E-state index is 0.277. The van der Waals surface area contributed by atoms with E-state index in [0.717, 1.165) is 16.6 Å². The number of hydrogen-bond acceptors (Lipinski definition) is 5. The molecule has 0 amide bonds. The summed E-state index contributed by atoms with van der Waals surface area (Å²) in [6, 6.07) is 8.50. The van der Waals surface area contributed by atoms with Crippen LogP contribution in [0.2, 0.25) is 0 Å². The van der Waals surface area contributed by atoms with Gasteiger partial charge in [-0.3, -0.25) is 0 Å². The van der Waals surface area contributed by atoms with E-state index >= 15 is 0 Å². The number of nitrogens with one attached hydrogen (secondary N) is 1. The SMILES string of the molecule is Cc1cc(C)cc(CSc2cc(NN)nc(C(C)C)n2)c1. The van der Waals surface area contributed by atoms with Gasteiger partial charge in [-0.1, -0.05) is 43.2 Å². The van der Waals surface area contributed by atoms with Gasteiger partial charge in [0.05, 0.1) is 0 Å². The zero-order valence-electron chi connectivity index (χ0n) is 13.0. The number of nitrogen functional groups attached to an aromatic ring is 1. The summed E-state index contributed by atoms with van der Waals surface area (Å²) >= 11 is 1.71. The fourth-order valence-electron chi connectivity index (χ4n) is 2.16. The first-order valence-corrected chi connectivity index (χ1v) is 8.02. The molecular weight excluding hydrogens is 280 g/mol. The summed E-state index contributed by atoms with van der Waals surface area (Å²) in [6.07, 6.45) is 0. The zero-order valence-corrected chi connectivity index (χ0v) is 13.8. The van der Waals surface area contributed by atoms with E-state index in [4.69, 9.17) is 5.84 Å². The van der Waals surface area contributed by atoms with Crippen LogP contribution >= 0.6 is 11.8 Å². The van der Waals surface area contributed by atoms with Crippen molar-refractivity contribution in [3.05, 3.63) is 46.8 Å². The van der Waals surface area contributed by atoms with Crippen LogP contribution in [0, 0.1) is 13.8 Å². The Hall–Kier alpha value is -1.59. The van der Waals surface area contributed by atoms with Crippen molar-refractivity contribution in [2.75, 3.05) is 5.43 Å². The summed E-state index contributed by atoms with van der Waals surface area (Å²) < 4.78 is 0. The molecule has 0 aliphatic rings. The lowest BCUT2D eigenvalue weighted by Gasteiger charge is -2.10. The Morgan fingerprint density at radius 3 is 2.33 bits per heavy atom. The van der Waals surface area contributed by atoms with E-state index < -0.39 is 0 Å². The summed E-state index contributed by atoms with van der Waals surface area (Å²) in [6.45, 7) is 8.40. The van der Waals surface area contributed by atoms with Crippen molar-refractivity contribution in [1.29, 1.82) is 0 Å². The van der Waals surface area contributed by atoms with Crippen LogP contribution in [-0.2, 0) is 5.75 Å². The van der Waals surface area contributed by atoms with Gasteiger partial charge in [-0.05, 0) is 19.4 Å². The number of aryl methyl sites for hydroxylation is 2. The molecule has 0 aliphatic heterocycles. The molecule has 2 aromatic rings. The lowest BCUT2D eigenvalue weighted by Crippen LogP contribution is -2.11. The minimum Gasteiger partial charge on any atom is -0.308 e. The molecule has 5 heteroatoms. The molecule has 0 saturated carbocycles. The molecule has 0 saturated heterocycles. The highest BCUT2D eigenvalue weighted by atomic mass is 32.2. The molecular formula is C16H22N4S. The first kappa shape index (κ1) is 15.8. The van der Waals surface area contributed by atoms with E-state index in [2.05, 4.69) is 61.3 Å². The zero-order chi connectivity index (χ0) is 15.4. The summed E-state index contributed by atoms with van der Waals surface area (Å²) in [7, 11) is 0. The third-order valence-corrected chi connectivity index (χ3v) is 4.03. The lowest BCUT2D eigenvalue weighted by molar-refractivity contribution is 0.754. The van der Waals surface area contributed by atoms with Crippen molar-refractivity contribution >= 4 is 17.6 Å². The summed E-state index contributed by atoms with van der Waals surface area (Å²) in [5.74, 6) is 8.13. The molecule has 3 N–H and O–H groups in total. The molecule has 112 valence electrons. The number of hydrazine groups is 1. The van der Waals surface area contributed by atoms with Crippen molar-refractivity contribution in [2.45, 2.75) is 44.4 Å². The van der Waals surface area contributed by atoms with E-state index in [1.807, 2.05) is 6.07 Å². The topological polar surface area (TPSA) is 63.8 Å². The molecule has 1 aromatic carbocycles. The monoisotopic (exact) mass is 302 g/mol. The van der Waals surface area contributed by atoms with Gasteiger partial charge in [0.25, 0.3) is 0 Å². The maximum atomic E-state index is 5.49. The van der Waals surface area contributed by atoms with E-state index in [-0.39, 0.29) is 5.92 Å². The van der Waals surface area contributed by atoms with Crippen LogP contribution in [0.15, 0.2) is 29.3 Å². The Labute approximate surface area is 130 Å². The van der Waals surface area contributed by atoms with E-state index in [1.165, 1.54) is 16.7 Å². The predicted molar refractivity (Wildman–Crippen MR) is 89.4 cm³/mol. The standard InChI is InChI=1S/C16H22N4S/c1-10(2)16-18-14(20-17)8-15(19-16)21-9-13-6-11(3)5-12(4)7-13/h5-8,10H,9,17H2,1-4H3,(H,18,19,20). The Bertz CT molecular complexity index is 605. The smallest absolute Gasteiger partial charge is 0.144 e. The third kappa shape index (κ3) is 4.44. The van der Waals surface area contributed by atoms with Gasteiger partial charge in [-0.2, -0.15) is 0 Å². The van der Waals surface area contributed by atoms with Crippen LogP contribution in [0.4, 0.5) is 5.82 Å². The van der Waals surface area contributed by atoms with Crippen LogP contribution < -0.4 is 11.3 Å². The first-order valence-electron chi connectivity index (χ1n) is 7.03. The van der Waals surface area contributed by atoms with Crippen LogP contribution in [0.1, 0.15) is 42.3 Å². The number of hydrogen-bond donors (Lipinski definition) is 2. The van der Waals surface area contributed by atoms with Crippen LogP contribution in [0.25, 0.3) is 0 Å². The van der Waals surface area contributed by atoms with Crippen molar-refractivity contribution in [3.8, 4) is 0 Å². The quantitative estimate of drug-likeness (QED) is 0.381. The van der Waals surface area contributed by atoms with Crippen molar-refractivity contribution in [3.63, 3.8) is 0 Å². The second-order valence-electron chi connectivity index (χ2n) is 5.53. The molecule has 0 atom stereocenters. The van der Waals surface area contributed by atoms with Crippen LogP contribution in [0.5, 0.6) is 0 Å². The predicted octanol–water partition coefficient (Wildman–Crippen LogP) is 3.79. The van der Waals surface area contributed by atoms with Gasteiger partial charge in [0.2, 0.25) is 0 Å². The number of nitrogens with two attached hydrogens (primary N) is 1. The molecule has 1 aromatic heterocycles. The van der Waals surface area contributed by atoms with E-state index in [9.17, 15) is 0 Å². The average Bonchev–Trinajstić information content (AvgIpc) is 2.43. The molecule has 4 nitrogen and oxygen atoms in total. The number of rotatable bonds is 5. The lowest BCUT2D eigenvalue weighted by atomic mass is 10.1. The maximum Gasteiger partial charge on any atom is 0.144 e. The number of nitrogens with zero attached hydrogens (tertiary/aromatic N) is 2. The number of aromatic nitrogens is 2. The van der Waals surface area contributed by atoms with Crippen LogP contribution in [-0.4, -0.2) is 9.97 Å². The first-order chi connectivity index (χ1) is 9.97. The fraction of sp³-hybridized carbons (Fsp3) is 0.375. The number of benzene rings is 1. The second-order valence-corrected chi connectivity index (χ2v) is 6.53. The van der Waals surface area contributed by atoms with Crippen LogP contribution in [0.3, 0.4) is 0 Å². The number of thioether (sulfide) groups is 1. The average molecular weight is 302 g/mol. The molecule has 0 fully saturated rings. The highest BCUT2D eigenvalue weighted by molar-refractivity contribution is 7.98. The third-order valence-electron chi connectivity index (χ3n) is 3.05. The molecule has 2 rings (SSSR count). The Morgan fingerprint density at radius 1 is 1.10 bits per heavy atom. The van der Waals surface area contributed by atoms with Gasteiger partial charge >= 0.3 is 0 Å². The van der Waals surface area contributed by atoms with Gasteiger partial charge < -0.3 is 5.43 Å². The Kier molecular flexibility index (Phi) is 5.20. The second kappa shape index (κ2) is 6.91. The fourth-order valence-corrected chi connectivity index (χ4v) is 2.99. The van der Waals surface area contributed by atoms with Gasteiger partial charge in [-0.25, -0.2) is 15.8 Å². The van der Waals surface area contributed by atoms with Crippen molar-refractivity contribution < 1.29 is 0 Å². The largest absolute Gasteiger partial charge is 0.308 e. The van der Waals surface area contributed by atoms with Gasteiger partial charge in [0.15, 0.2) is 0 Å².